The van der Waals surface area contributed by atoms with Crippen molar-refractivity contribution in [2.45, 2.75) is 58.2 Å². The quantitative estimate of drug-likeness (QED) is 0.517. The number of aromatic hydroxyl groups is 1. The van der Waals surface area contributed by atoms with E-state index in [1.165, 1.54) is 11.1 Å². The molecule has 0 spiro atoms. The number of phenolic OH excluding ortho intramolecular Hbond substituents is 1. The third-order valence-corrected chi connectivity index (χ3v) is 6.96. The Bertz CT molecular complexity index is 865. The third-order valence-electron chi connectivity index (χ3n) is 6.96. The molecule has 1 aliphatic rings. The van der Waals surface area contributed by atoms with Gasteiger partial charge in [0.05, 0.1) is 6.04 Å². The Hall–Kier alpha value is -2.59. The van der Waals surface area contributed by atoms with E-state index >= 15 is 0 Å². The smallest absolute Gasteiger partial charge is 0.142 e. The first-order chi connectivity index (χ1) is 15.0. The van der Waals surface area contributed by atoms with Crippen LogP contribution in [0.5, 0.6) is 5.75 Å². The van der Waals surface area contributed by atoms with Crippen LogP contribution in [-0.2, 0) is 24.2 Å². The Labute approximate surface area is 187 Å². The topological polar surface area (TPSA) is 52.6 Å². The number of benzene rings is 2. The molecule has 0 amide bonds. The van der Waals surface area contributed by atoms with Crippen molar-refractivity contribution < 1.29 is 9.90 Å². The van der Waals surface area contributed by atoms with E-state index in [2.05, 4.69) is 54.9 Å². The Morgan fingerprint density at radius 2 is 1.71 bits per heavy atom. The number of rotatable bonds is 11. The van der Waals surface area contributed by atoms with Gasteiger partial charge in [0.15, 0.2) is 0 Å². The Morgan fingerprint density at radius 3 is 2.23 bits per heavy atom. The second kappa shape index (κ2) is 10.6. The first-order valence-corrected chi connectivity index (χ1v) is 11.5. The van der Waals surface area contributed by atoms with Crippen LogP contribution in [0.25, 0.3) is 0 Å². The monoisotopic (exact) mass is 420 g/mol. The fraction of sp³-hybridized carbons (Fsp3) is 0.444. The van der Waals surface area contributed by atoms with Crippen molar-refractivity contribution >= 4 is 6.29 Å². The molecular weight excluding hydrogens is 384 g/mol. The SMILES string of the molecule is C=C(C(NC)C1Cc2ccccc2C1)N(Cc1ccccc1O)C(C=O)C(CC)CC. The van der Waals surface area contributed by atoms with Gasteiger partial charge in [0, 0.05) is 23.8 Å². The largest absolute Gasteiger partial charge is 0.508 e. The van der Waals surface area contributed by atoms with Crippen molar-refractivity contribution in [3.63, 3.8) is 0 Å². The molecule has 2 N–H and O–H groups in total. The first-order valence-electron chi connectivity index (χ1n) is 11.5. The second-order valence-corrected chi connectivity index (χ2v) is 8.65. The highest BCUT2D eigenvalue weighted by Crippen LogP contribution is 2.34. The zero-order valence-electron chi connectivity index (χ0n) is 19.1. The van der Waals surface area contributed by atoms with E-state index in [1.807, 2.05) is 25.2 Å². The first kappa shape index (κ1) is 23.1. The molecule has 0 saturated carbocycles. The van der Waals surface area contributed by atoms with E-state index < -0.39 is 0 Å². The van der Waals surface area contributed by atoms with Crippen molar-refractivity contribution in [2.24, 2.45) is 11.8 Å². The third kappa shape index (κ3) is 5.01. The van der Waals surface area contributed by atoms with Gasteiger partial charge in [0.25, 0.3) is 0 Å². The molecule has 166 valence electrons. The average Bonchev–Trinajstić information content (AvgIpc) is 3.21. The number of hydrogen-bond donors (Lipinski definition) is 2. The maximum absolute atomic E-state index is 12.3. The minimum Gasteiger partial charge on any atom is -0.508 e. The highest BCUT2D eigenvalue weighted by Gasteiger charge is 2.35. The normalized spacial score (nSPS) is 15.5. The van der Waals surface area contributed by atoms with Crippen molar-refractivity contribution in [2.75, 3.05) is 7.05 Å². The predicted octanol–water partition coefficient (Wildman–Crippen LogP) is 4.71. The van der Waals surface area contributed by atoms with Gasteiger partial charge in [-0.15, -0.1) is 0 Å². The van der Waals surface area contributed by atoms with Crippen LogP contribution < -0.4 is 5.32 Å². The van der Waals surface area contributed by atoms with Crippen molar-refractivity contribution in [1.29, 1.82) is 0 Å². The van der Waals surface area contributed by atoms with Crippen LogP contribution in [0.4, 0.5) is 0 Å². The summed E-state index contributed by atoms with van der Waals surface area (Å²) >= 11 is 0. The number of para-hydroxylation sites is 1. The number of carbonyl (C=O) groups excluding carboxylic acids is 1. The summed E-state index contributed by atoms with van der Waals surface area (Å²) in [5.41, 5.74) is 4.54. The Kier molecular flexibility index (Phi) is 7.91. The van der Waals surface area contributed by atoms with Crippen LogP contribution >= 0.6 is 0 Å². The summed E-state index contributed by atoms with van der Waals surface area (Å²) in [5, 5.41) is 13.9. The molecule has 4 nitrogen and oxygen atoms in total. The van der Waals surface area contributed by atoms with E-state index in [0.717, 1.165) is 43.2 Å². The number of carbonyl (C=O) groups is 1. The fourth-order valence-corrected chi connectivity index (χ4v) is 5.12. The zero-order valence-corrected chi connectivity index (χ0v) is 19.1. The van der Waals surface area contributed by atoms with Crippen LogP contribution in [0.2, 0.25) is 0 Å². The van der Waals surface area contributed by atoms with Crippen LogP contribution in [0.1, 0.15) is 43.4 Å². The summed E-state index contributed by atoms with van der Waals surface area (Å²) in [6.07, 6.45) is 4.91. The number of phenols is 1. The summed E-state index contributed by atoms with van der Waals surface area (Å²) in [5.74, 6) is 0.873. The van der Waals surface area contributed by atoms with Crippen LogP contribution in [0.15, 0.2) is 60.8 Å². The van der Waals surface area contributed by atoms with Gasteiger partial charge < -0.3 is 20.1 Å². The van der Waals surface area contributed by atoms with E-state index in [9.17, 15) is 9.90 Å². The van der Waals surface area contributed by atoms with E-state index in [1.54, 1.807) is 6.07 Å². The number of nitrogens with one attached hydrogen (secondary N) is 1. The number of aldehydes is 1. The highest BCUT2D eigenvalue weighted by molar-refractivity contribution is 5.59. The van der Waals surface area contributed by atoms with Gasteiger partial charge in [-0.3, -0.25) is 0 Å². The summed E-state index contributed by atoms with van der Waals surface area (Å²) in [6.45, 7) is 9.23. The zero-order chi connectivity index (χ0) is 22.4. The fourth-order valence-electron chi connectivity index (χ4n) is 5.12. The van der Waals surface area contributed by atoms with Gasteiger partial charge in [-0.25, -0.2) is 0 Å². The molecule has 0 bridgehead atoms. The lowest BCUT2D eigenvalue weighted by molar-refractivity contribution is -0.114. The summed E-state index contributed by atoms with van der Waals surface area (Å²) < 4.78 is 0. The summed E-state index contributed by atoms with van der Waals surface area (Å²) in [6, 6.07) is 15.8. The highest BCUT2D eigenvalue weighted by atomic mass is 16.3. The minimum absolute atomic E-state index is 0.0510. The lowest BCUT2D eigenvalue weighted by atomic mass is 9.89. The van der Waals surface area contributed by atoms with Gasteiger partial charge in [0.1, 0.15) is 12.0 Å². The molecule has 2 unspecified atom stereocenters. The number of nitrogens with zero attached hydrogens (tertiary/aromatic N) is 1. The maximum atomic E-state index is 12.3. The van der Waals surface area contributed by atoms with Crippen molar-refractivity contribution in [1.82, 2.24) is 10.2 Å². The molecule has 0 aliphatic heterocycles. The molecular formula is C27H36N2O2. The average molecular weight is 421 g/mol. The minimum atomic E-state index is -0.276. The van der Waals surface area contributed by atoms with E-state index in [0.29, 0.717) is 12.5 Å². The Morgan fingerprint density at radius 1 is 1.13 bits per heavy atom. The van der Waals surface area contributed by atoms with Crippen molar-refractivity contribution in [3.8, 4) is 5.75 Å². The van der Waals surface area contributed by atoms with E-state index in [4.69, 9.17) is 0 Å². The Balaban J connectivity index is 1.92. The van der Waals surface area contributed by atoms with Crippen molar-refractivity contribution in [3.05, 3.63) is 77.5 Å². The standard InChI is InChI=1S/C27H36N2O2/c1-5-20(6-2)25(18-30)29(17-23-13-9-10-14-26(23)31)19(3)27(28-4)24-15-21-11-7-8-12-22(21)16-24/h7-14,18,20,24-25,27-28,31H,3,5-6,15-17H2,1-2,4H3. The number of likely N-dealkylation sites (N-methyl/N-ethyl adjacent to an activating group) is 1. The number of hydrogen-bond acceptors (Lipinski definition) is 4. The molecule has 3 rings (SSSR count). The molecule has 2 aromatic carbocycles. The molecule has 4 heteroatoms. The molecule has 31 heavy (non-hydrogen) atoms. The number of fused-ring (bicyclic) bond motifs is 1. The molecule has 0 heterocycles. The molecule has 0 saturated heterocycles. The summed E-state index contributed by atoms with van der Waals surface area (Å²) in [4.78, 5) is 14.5. The van der Waals surface area contributed by atoms with Gasteiger partial charge in [-0.2, -0.15) is 0 Å². The summed E-state index contributed by atoms with van der Waals surface area (Å²) in [7, 11) is 1.98. The van der Waals surface area contributed by atoms with Crippen LogP contribution in [0, 0.1) is 11.8 Å². The predicted molar refractivity (Wildman–Crippen MR) is 127 cm³/mol. The van der Waals surface area contributed by atoms with Gasteiger partial charge in [-0.1, -0.05) is 75.7 Å². The van der Waals surface area contributed by atoms with Gasteiger partial charge >= 0.3 is 0 Å². The molecule has 2 atom stereocenters. The van der Waals surface area contributed by atoms with Gasteiger partial charge in [-0.05, 0) is 48.9 Å². The molecule has 1 aliphatic carbocycles. The molecule has 0 aromatic heterocycles. The van der Waals surface area contributed by atoms with Crippen LogP contribution in [-0.4, -0.2) is 35.4 Å². The lowest BCUT2D eigenvalue weighted by Crippen LogP contribution is -2.48. The van der Waals surface area contributed by atoms with Crippen LogP contribution in [0.3, 0.4) is 0 Å². The molecule has 0 fully saturated rings. The molecule has 2 aromatic rings. The molecule has 0 radical (unpaired) electrons. The second-order valence-electron chi connectivity index (χ2n) is 8.65. The van der Waals surface area contributed by atoms with E-state index in [-0.39, 0.29) is 23.8 Å². The maximum Gasteiger partial charge on any atom is 0.142 e. The lowest BCUT2D eigenvalue weighted by Gasteiger charge is -2.40. The van der Waals surface area contributed by atoms with Gasteiger partial charge in [0.2, 0.25) is 0 Å².